The first-order valence-corrected chi connectivity index (χ1v) is 11.9. The summed E-state index contributed by atoms with van der Waals surface area (Å²) >= 11 is 1.40. The Labute approximate surface area is 198 Å². The molecule has 0 spiro atoms. The molecule has 1 atom stereocenters. The third-order valence-electron chi connectivity index (χ3n) is 5.56. The Morgan fingerprint density at radius 1 is 1.15 bits per heavy atom. The number of thioether (sulfide) groups is 1. The van der Waals surface area contributed by atoms with Crippen LogP contribution in [0.5, 0.6) is 5.75 Å². The number of benzene rings is 2. The van der Waals surface area contributed by atoms with E-state index in [1.165, 1.54) is 11.8 Å². The monoisotopic (exact) mass is 467 g/mol. The van der Waals surface area contributed by atoms with Crippen molar-refractivity contribution in [2.45, 2.75) is 30.8 Å². The third-order valence-corrected chi connectivity index (χ3v) is 6.61. The summed E-state index contributed by atoms with van der Waals surface area (Å²) in [5.41, 5.74) is 3.05. The standard InChI is InChI=1S/C24H29N5O3S/c1-17-8-4-6-10-20(17)29-23(28-12-14-32-15-13-28)26-27-24(29)33-18(2)22(30)25-16-19-9-5-7-11-21(19)31-3/h4-11,18H,12-16H2,1-3H3,(H,25,30). The Kier molecular flexibility index (Phi) is 7.51. The average Bonchev–Trinajstić information content (AvgIpc) is 3.26. The Morgan fingerprint density at radius 3 is 2.64 bits per heavy atom. The van der Waals surface area contributed by atoms with E-state index in [0.29, 0.717) is 24.9 Å². The van der Waals surface area contributed by atoms with E-state index in [2.05, 4.69) is 44.0 Å². The molecule has 1 aliphatic heterocycles. The fourth-order valence-corrected chi connectivity index (χ4v) is 4.60. The van der Waals surface area contributed by atoms with E-state index in [-0.39, 0.29) is 11.2 Å². The summed E-state index contributed by atoms with van der Waals surface area (Å²) in [5, 5.41) is 12.3. The van der Waals surface area contributed by atoms with Gasteiger partial charge >= 0.3 is 0 Å². The summed E-state index contributed by atoms with van der Waals surface area (Å²) in [7, 11) is 1.63. The van der Waals surface area contributed by atoms with Gasteiger partial charge in [0.15, 0.2) is 5.16 Å². The van der Waals surface area contributed by atoms with E-state index in [4.69, 9.17) is 9.47 Å². The van der Waals surface area contributed by atoms with Crippen LogP contribution in [0.15, 0.2) is 53.7 Å². The number of nitrogens with one attached hydrogen (secondary N) is 1. The van der Waals surface area contributed by atoms with E-state index >= 15 is 0 Å². The molecule has 0 saturated carbocycles. The second-order valence-electron chi connectivity index (χ2n) is 7.79. The van der Waals surface area contributed by atoms with Crippen molar-refractivity contribution in [2.24, 2.45) is 0 Å². The fourth-order valence-electron chi connectivity index (χ4n) is 3.72. The molecule has 9 heteroatoms. The minimum absolute atomic E-state index is 0.0711. The van der Waals surface area contributed by atoms with Crippen LogP contribution in [0.25, 0.3) is 5.69 Å². The first kappa shape index (κ1) is 23.1. The third kappa shape index (κ3) is 5.31. The fraction of sp³-hybridized carbons (Fsp3) is 0.375. The lowest BCUT2D eigenvalue weighted by atomic mass is 10.2. The molecule has 4 rings (SSSR count). The summed E-state index contributed by atoms with van der Waals surface area (Å²) in [6, 6.07) is 15.8. The van der Waals surface area contributed by atoms with E-state index in [9.17, 15) is 4.79 Å². The zero-order chi connectivity index (χ0) is 23.2. The lowest BCUT2D eigenvalue weighted by Gasteiger charge is -2.28. The Bertz CT molecular complexity index is 1100. The second kappa shape index (κ2) is 10.7. The number of aryl methyl sites for hydroxylation is 1. The average molecular weight is 468 g/mol. The van der Waals surface area contributed by atoms with Crippen molar-refractivity contribution >= 4 is 23.6 Å². The van der Waals surface area contributed by atoms with Crippen molar-refractivity contribution in [1.29, 1.82) is 0 Å². The van der Waals surface area contributed by atoms with Crippen molar-refractivity contribution in [1.82, 2.24) is 20.1 Å². The van der Waals surface area contributed by atoms with Gasteiger partial charge in [-0.1, -0.05) is 48.2 Å². The molecule has 1 saturated heterocycles. The van der Waals surface area contributed by atoms with Gasteiger partial charge in [0.25, 0.3) is 0 Å². The molecule has 1 fully saturated rings. The number of hydrogen-bond donors (Lipinski definition) is 1. The highest BCUT2D eigenvalue weighted by molar-refractivity contribution is 8.00. The smallest absolute Gasteiger partial charge is 0.233 e. The Morgan fingerprint density at radius 2 is 1.88 bits per heavy atom. The van der Waals surface area contributed by atoms with Crippen LogP contribution in [0.2, 0.25) is 0 Å². The van der Waals surface area contributed by atoms with Crippen molar-refractivity contribution in [3.63, 3.8) is 0 Å². The van der Waals surface area contributed by atoms with Crippen LogP contribution >= 0.6 is 11.8 Å². The summed E-state index contributed by atoms with van der Waals surface area (Å²) in [5.74, 6) is 1.46. The molecule has 0 bridgehead atoms. The van der Waals surface area contributed by atoms with E-state index in [1.54, 1.807) is 7.11 Å². The number of para-hydroxylation sites is 2. The topological polar surface area (TPSA) is 81.5 Å². The first-order valence-electron chi connectivity index (χ1n) is 11.0. The number of hydrogen-bond acceptors (Lipinski definition) is 7. The van der Waals surface area contributed by atoms with Gasteiger partial charge in [0, 0.05) is 25.2 Å². The van der Waals surface area contributed by atoms with Crippen LogP contribution in [-0.2, 0) is 16.1 Å². The summed E-state index contributed by atoms with van der Waals surface area (Å²) in [6.07, 6.45) is 0. The molecular formula is C24H29N5O3S. The number of morpholine rings is 1. The number of anilines is 1. The molecule has 33 heavy (non-hydrogen) atoms. The van der Waals surface area contributed by atoms with Gasteiger partial charge in [0.05, 0.1) is 31.3 Å². The number of rotatable bonds is 8. The predicted molar refractivity (Wildman–Crippen MR) is 129 cm³/mol. The van der Waals surface area contributed by atoms with Crippen molar-refractivity contribution in [2.75, 3.05) is 38.3 Å². The second-order valence-corrected chi connectivity index (χ2v) is 9.10. The molecule has 2 aromatic carbocycles. The molecule has 2 heterocycles. The number of amides is 1. The maximum atomic E-state index is 12.9. The molecule has 3 aromatic rings. The normalized spacial score (nSPS) is 14.7. The molecule has 1 amide bonds. The summed E-state index contributed by atoms with van der Waals surface area (Å²) < 4.78 is 12.9. The highest BCUT2D eigenvalue weighted by Crippen LogP contribution is 2.31. The van der Waals surface area contributed by atoms with E-state index in [1.807, 2.05) is 43.3 Å². The number of aromatic nitrogens is 3. The van der Waals surface area contributed by atoms with E-state index < -0.39 is 0 Å². The molecule has 1 N–H and O–H groups in total. The van der Waals surface area contributed by atoms with Crippen molar-refractivity contribution in [3.8, 4) is 11.4 Å². The highest BCUT2D eigenvalue weighted by atomic mass is 32.2. The zero-order valence-corrected chi connectivity index (χ0v) is 20.0. The molecule has 0 aliphatic carbocycles. The van der Waals surface area contributed by atoms with Crippen molar-refractivity contribution in [3.05, 3.63) is 59.7 Å². The molecule has 0 radical (unpaired) electrons. The van der Waals surface area contributed by atoms with Crippen LogP contribution in [0.4, 0.5) is 5.95 Å². The lowest BCUT2D eigenvalue weighted by molar-refractivity contribution is -0.120. The van der Waals surface area contributed by atoms with E-state index in [0.717, 1.165) is 41.6 Å². The summed E-state index contributed by atoms with van der Waals surface area (Å²) in [4.78, 5) is 15.1. The minimum Gasteiger partial charge on any atom is -0.496 e. The minimum atomic E-state index is -0.357. The van der Waals surface area contributed by atoms with Gasteiger partial charge < -0.3 is 19.7 Å². The van der Waals surface area contributed by atoms with Crippen LogP contribution in [0, 0.1) is 6.92 Å². The largest absolute Gasteiger partial charge is 0.496 e. The van der Waals surface area contributed by atoms with Gasteiger partial charge in [0.1, 0.15) is 5.75 Å². The van der Waals surface area contributed by atoms with Gasteiger partial charge in [-0.3, -0.25) is 9.36 Å². The molecular weight excluding hydrogens is 438 g/mol. The zero-order valence-electron chi connectivity index (χ0n) is 19.2. The van der Waals surface area contributed by atoms with Crippen LogP contribution in [-0.4, -0.2) is 59.3 Å². The number of methoxy groups -OCH3 is 1. The predicted octanol–water partition coefficient (Wildman–Crippen LogP) is 3.22. The van der Waals surface area contributed by atoms with Gasteiger partial charge in [-0.25, -0.2) is 0 Å². The van der Waals surface area contributed by atoms with Crippen molar-refractivity contribution < 1.29 is 14.3 Å². The van der Waals surface area contributed by atoms with Crippen LogP contribution < -0.4 is 15.0 Å². The van der Waals surface area contributed by atoms with Gasteiger partial charge in [-0.2, -0.15) is 0 Å². The first-order chi connectivity index (χ1) is 16.1. The Hall–Kier alpha value is -3.04. The molecule has 8 nitrogen and oxygen atoms in total. The number of carbonyl (C=O) groups is 1. The quantitative estimate of drug-likeness (QED) is 0.510. The molecule has 1 unspecified atom stereocenters. The number of nitrogens with zero attached hydrogens (tertiary/aromatic N) is 4. The highest BCUT2D eigenvalue weighted by Gasteiger charge is 2.25. The molecule has 1 aromatic heterocycles. The van der Waals surface area contributed by atoms with Gasteiger partial charge in [-0.15, -0.1) is 10.2 Å². The van der Waals surface area contributed by atoms with Gasteiger partial charge in [0.2, 0.25) is 11.9 Å². The van der Waals surface area contributed by atoms with Crippen LogP contribution in [0.1, 0.15) is 18.1 Å². The molecule has 1 aliphatic rings. The maximum absolute atomic E-state index is 12.9. The van der Waals surface area contributed by atoms with Crippen LogP contribution in [0.3, 0.4) is 0 Å². The Balaban J connectivity index is 1.54. The van der Waals surface area contributed by atoms with Gasteiger partial charge in [-0.05, 0) is 31.5 Å². The molecule has 174 valence electrons. The SMILES string of the molecule is COc1ccccc1CNC(=O)C(C)Sc1nnc(N2CCOCC2)n1-c1ccccc1C. The maximum Gasteiger partial charge on any atom is 0.233 e. The number of carbonyl (C=O) groups excluding carboxylic acids is 1. The summed E-state index contributed by atoms with van der Waals surface area (Å²) in [6.45, 7) is 7.17. The number of ether oxygens (including phenoxy) is 2. The lowest BCUT2D eigenvalue weighted by Crippen LogP contribution is -2.38.